The normalized spacial score (nSPS) is 13.9. The molecule has 68 heavy (non-hydrogen) atoms. The predicted molar refractivity (Wildman–Crippen MR) is 283 cm³/mol. The molecule has 2 nitrogen and oxygen atoms in total. The minimum atomic E-state index is -0.460. The highest BCUT2D eigenvalue weighted by atomic mass is 14.9. The molecule has 0 fully saturated rings. The lowest BCUT2D eigenvalue weighted by molar-refractivity contribution is 0.793. The minimum absolute atomic E-state index is 0.460. The lowest BCUT2D eigenvalue weighted by Gasteiger charge is -2.30. The first-order chi connectivity index (χ1) is 33.7. The van der Waals surface area contributed by atoms with E-state index in [0.717, 1.165) is 72.6 Å². The number of hydrogen-bond donors (Lipinski definition) is 0. The number of amidine groups is 1. The van der Waals surface area contributed by atoms with Gasteiger partial charge in [0.2, 0.25) is 0 Å². The molecule has 10 aromatic rings. The lowest BCUT2D eigenvalue weighted by atomic mass is 9.70. The fraction of sp³-hybridized carbons (Fsp3) is 0.0303. The Morgan fingerprint density at radius 1 is 0.265 bits per heavy atom. The van der Waals surface area contributed by atoms with Crippen LogP contribution in [0.2, 0.25) is 0 Å². The molecule has 2 heteroatoms. The van der Waals surface area contributed by atoms with Gasteiger partial charge in [-0.05, 0) is 137 Å². The van der Waals surface area contributed by atoms with Crippen LogP contribution in [0.3, 0.4) is 0 Å². The van der Waals surface area contributed by atoms with E-state index in [1.54, 1.807) is 0 Å². The van der Waals surface area contributed by atoms with E-state index < -0.39 is 5.41 Å². The second-order valence-corrected chi connectivity index (χ2v) is 18.0. The first-order valence-electron chi connectivity index (χ1n) is 23.5. The zero-order valence-corrected chi connectivity index (χ0v) is 37.4. The fourth-order valence-corrected chi connectivity index (χ4v) is 11.0. The molecule has 0 unspecified atom stereocenters. The van der Waals surface area contributed by atoms with Crippen LogP contribution in [0.15, 0.2) is 265 Å². The maximum Gasteiger partial charge on any atom is 0.160 e. The quantitative estimate of drug-likeness (QED) is 0.152. The van der Waals surface area contributed by atoms with Crippen LogP contribution in [-0.2, 0) is 5.41 Å². The van der Waals surface area contributed by atoms with Gasteiger partial charge in [-0.15, -0.1) is 0 Å². The Bertz CT molecular complexity index is 3500. The fourth-order valence-electron chi connectivity index (χ4n) is 11.0. The van der Waals surface area contributed by atoms with Crippen molar-refractivity contribution in [3.8, 4) is 66.8 Å². The third-order valence-electron chi connectivity index (χ3n) is 14.1. The number of nitrogens with zero attached hydrogens (tertiary/aromatic N) is 2. The van der Waals surface area contributed by atoms with Crippen molar-refractivity contribution < 1.29 is 0 Å². The number of allylic oxidation sites excluding steroid dienone is 1. The van der Waals surface area contributed by atoms with Gasteiger partial charge in [0.05, 0.1) is 16.8 Å². The van der Waals surface area contributed by atoms with Crippen LogP contribution in [0, 0.1) is 0 Å². The molecular weight excluding hydrogens is 821 g/mol. The van der Waals surface area contributed by atoms with Crippen LogP contribution in [0.4, 0.5) is 0 Å². The highest BCUT2D eigenvalue weighted by molar-refractivity contribution is 6.16. The minimum Gasteiger partial charge on any atom is -0.232 e. The molecule has 0 saturated carbocycles. The molecule has 2 aliphatic carbocycles. The third-order valence-corrected chi connectivity index (χ3v) is 14.1. The van der Waals surface area contributed by atoms with Crippen LogP contribution >= 0.6 is 0 Å². The lowest BCUT2D eigenvalue weighted by Crippen LogP contribution is -2.26. The molecule has 0 N–H and O–H groups in total. The molecular formula is C66H44N2. The summed E-state index contributed by atoms with van der Waals surface area (Å²) in [4.78, 5) is 11.4. The van der Waals surface area contributed by atoms with Crippen molar-refractivity contribution >= 4 is 17.2 Å². The number of benzene rings is 10. The Morgan fingerprint density at radius 2 is 0.632 bits per heavy atom. The third kappa shape index (κ3) is 6.56. The van der Waals surface area contributed by atoms with Crippen molar-refractivity contribution in [1.82, 2.24) is 0 Å². The molecule has 1 heterocycles. The summed E-state index contributed by atoms with van der Waals surface area (Å²) in [6.07, 6.45) is 2.89. The average Bonchev–Trinajstić information content (AvgIpc) is 3.76. The number of fused-ring (bicyclic) bond motifs is 10. The van der Waals surface area contributed by atoms with Crippen molar-refractivity contribution in [3.05, 3.63) is 294 Å². The molecule has 318 valence electrons. The van der Waals surface area contributed by atoms with Gasteiger partial charge in [-0.3, -0.25) is 0 Å². The molecule has 0 bridgehead atoms. The van der Waals surface area contributed by atoms with Gasteiger partial charge in [-0.25, -0.2) is 9.98 Å². The van der Waals surface area contributed by atoms with Crippen LogP contribution in [0.1, 0.15) is 45.4 Å². The Balaban J connectivity index is 1.04. The predicted octanol–water partition coefficient (Wildman–Crippen LogP) is 16.4. The van der Waals surface area contributed by atoms with E-state index in [4.69, 9.17) is 9.98 Å². The van der Waals surface area contributed by atoms with Gasteiger partial charge in [0.1, 0.15) is 0 Å². The highest BCUT2D eigenvalue weighted by Crippen LogP contribution is 2.62. The van der Waals surface area contributed by atoms with E-state index in [9.17, 15) is 0 Å². The van der Waals surface area contributed by atoms with Crippen LogP contribution in [0.25, 0.3) is 72.5 Å². The topological polar surface area (TPSA) is 24.7 Å². The smallest absolute Gasteiger partial charge is 0.160 e. The molecule has 13 rings (SSSR count). The molecule has 0 aromatic heterocycles. The SMILES string of the molecule is C1=C(c2cc(-c3ccccc3)cc(-c3ccccc3)c2)N=C(c2cc(-c3ccccc3)cc(-c3ccccc3)c2)N=C(c2ccc3c(c2)C2(c4ccccc4-c4ccccc42)c2ccccc2-3)C1. The van der Waals surface area contributed by atoms with Gasteiger partial charge in [0.25, 0.3) is 0 Å². The van der Waals surface area contributed by atoms with Gasteiger partial charge in [0.15, 0.2) is 5.84 Å². The van der Waals surface area contributed by atoms with Crippen LogP contribution in [-0.4, -0.2) is 11.5 Å². The van der Waals surface area contributed by atoms with Gasteiger partial charge >= 0.3 is 0 Å². The van der Waals surface area contributed by atoms with Crippen LogP contribution < -0.4 is 0 Å². The summed E-state index contributed by atoms with van der Waals surface area (Å²) in [7, 11) is 0. The summed E-state index contributed by atoms with van der Waals surface area (Å²) in [5.74, 6) is 0.681. The van der Waals surface area contributed by atoms with Gasteiger partial charge in [0, 0.05) is 17.5 Å². The van der Waals surface area contributed by atoms with E-state index in [2.05, 4.69) is 255 Å². The highest BCUT2D eigenvalue weighted by Gasteiger charge is 2.51. The molecule has 1 aliphatic heterocycles. The summed E-state index contributed by atoms with van der Waals surface area (Å²) in [6.45, 7) is 0. The molecule has 0 saturated heterocycles. The Hall–Kier alpha value is -8.72. The van der Waals surface area contributed by atoms with E-state index >= 15 is 0 Å². The summed E-state index contributed by atoms with van der Waals surface area (Å²) in [6, 6.07) is 90.4. The Kier molecular flexibility index (Phi) is 9.50. The number of hydrogen-bond acceptors (Lipinski definition) is 2. The van der Waals surface area contributed by atoms with Gasteiger partial charge < -0.3 is 0 Å². The zero-order chi connectivity index (χ0) is 45.0. The summed E-state index contributed by atoms with van der Waals surface area (Å²) in [5, 5.41) is 0. The van der Waals surface area contributed by atoms with Crippen molar-refractivity contribution in [2.24, 2.45) is 9.98 Å². The van der Waals surface area contributed by atoms with Gasteiger partial charge in [-0.2, -0.15) is 0 Å². The number of aliphatic imine (C=N–C) groups is 2. The van der Waals surface area contributed by atoms with E-state index in [1.165, 1.54) is 44.5 Å². The molecule has 0 amide bonds. The first-order valence-corrected chi connectivity index (χ1v) is 23.5. The molecule has 0 radical (unpaired) electrons. The van der Waals surface area contributed by atoms with Crippen molar-refractivity contribution in [1.29, 1.82) is 0 Å². The van der Waals surface area contributed by atoms with Crippen molar-refractivity contribution in [2.75, 3.05) is 0 Å². The second kappa shape index (κ2) is 16.3. The maximum absolute atomic E-state index is 5.72. The van der Waals surface area contributed by atoms with E-state index in [-0.39, 0.29) is 0 Å². The summed E-state index contributed by atoms with van der Waals surface area (Å²) < 4.78 is 0. The van der Waals surface area contributed by atoms with Crippen molar-refractivity contribution in [3.63, 3.8) is 0 Å². The zero-order valence-electron chi connectivity index (χ0n) is 37.4. The Labute approximate surface area is 397 Å². The molecule has 1 spiro atoms. The summed E-state index contributed by atoms with van der Waals surface area (Å²) >= 11 is 0. The molecule has 3 aliphatic rings. The monoisotopic (exact) mass is 864 g/mol. The first kappa shape index (κ1) is 39.6. The van der Waals surface area contributed by atoms with E-state index in [1.807, 2.05) is 0 Å². The van der Waals surface area contributed by atoms with Crippen molar-refractivity contribution in [2.45, 2.75) is 11.8 Å². The second-order valence-electron chi connectivity index (χ2n) is 18.0. The largest absolute Gasteiger partial charge is 0.232 e. The number of rotatable bonds is 7. The van der Waals surface area contributed by atoms with Gasteiger partial charge in [-0.1, -0.05) is 212 Å². The summed E-state index contributed by atoms with van der Waals surface area (Å²) in [5.41, 5.74) is 24.0. The maximum atomic E-state index is 5.72. The molecule has 10 aromatic carbocycles. The van der Waals surface area contributed by atoms with E-state index in [0.29, 0.717) is 12.3 Å². The average molecular weight is 865 g/mol. The standard InChI is InChI=1S/C66H44N2/c1-5-19-44(20-6-1)49-37-50(45-21-7-2-8-22-45)40-53(39-49)64-36-35-63(67-65(68-64)54-41-51(46-23-9-3-10-24-46)38-52(42-54)47-25-11-4-12-26-47)48-33-34-58-57-29-15-18-32-61(57)66(62(58)43-48)59-30-16-13-27-55(59)56-28-14-17-31-60(56)66/h1-34,36-43H,35H2. The van der Waals surface area contributed by atoms with Crippen LogP contribution in [0.5, 0.6) is 0 Å². The molecule has 0 atom stereocenters. The Morgan fingerprint density at radius 3 is 1.07 bits per heavy atom.